The van der Waals surface area contributed by atoms with Crippen molar-refractivity contribution < 1.29 is 18.1 Å². The van der Waals surface area contributed by atoms with E-state index < -0.39 is 15.7 Å². The fraction of sp³-hybridized carbons (Fsp3) is 0.0625. The SMILES string of the molecule is Cc1cc([C@@](O)(c2ccc(Nc3ccccc3)cc2)c2ccc(Nc3ccccc3S(=O)(=O)O)cc2)ccc1N. The number of para-hydroxylation sites is 2. The number of hydrogen-bond donors (Lipinski definition) is 5. The predicted octanol–water partition coefficient (Wildman–Crippen LogP) is 6.60. The first-order chi connectivity index (χ1) is 19.1. The van der Waals surface area contributed by atoms with E-state index in [1.165, 1.54) is 12.1 Å². The molecule has 8 heteroatoms. The van der Waals surface area contributed by atoms with Crippen molar-refractivity contribution in [3.63, 3.8) is 0 Å². The van der Waals surface area contributed by atoms with Crippen molar-refractivity contribution in [1.82, 2.24) is 0 Å². The number of aliphatic hydroxyl groups is 1. The minimum absolute atomic E-state index is 0.225. The third-order valence-electron chi connectivity index (χ3n) is 6.80. The highest BCUT2D eigenvalue weighted by atomic mass is 32.2. The zero-order chi connectivity index (χ0) is 28.3. The van der Waals surface area contributed by atoms with Crippen LogP contribution in [0.2, 0.25) is 0 Å². The van der Waals surface area contributed by atoms with Crippen molar-refractivity contribution >= 4 is 38.6 Å². The highest BCUT2D eigenvalue weighted by Gasteiger charge is 2.34. The van der Waals surface area contributed by atoms with E-state index in [9.17, 15) is 18.1 Å². The van der Waals surface area contributed by atoms with Crippen LogP contribution in [0.15, 0.2) is 126 Å². The van der Waals surface area contributed by atoms with Gasteiger partial charge < -0.3 is 21.5 Å². The second kappa shape index (κ2) is 10.9. The molecule has 202 valence electrons. The average Bonchev–Trinajstić information content (AvgIpc) is 2.95. The molecule has 0 saturated carbocycles. The van der Waals surface area contributed by atoms with Gasteiger partial charge in [-0.25, -0.2) is 0 Å². The highest BCUT2D eigenvalue weighted by Crippen LogP contribution is 2.39. The van der Waals surface area contributed by atoms with Gasteiger partial charge in [-0.2, -0.15) is 8.42 Å². The molecule has 5 aromatic carbocycles. The molecule has 5 rings (SSSR count). The number of nitrogen functional groups attached to an aromatic ring is 1. The van der Waals surface area contributed by atoms with E-state index in [0.29, 0.717) is 28.1 Å². The maximum Gasteiger partial charge on any atom is 0.296 e. The van der Waals surface area contributed by atoms with Gasteiger partial charge in [0, 0.05) is 22.7 Å². The normalized spacial score (nSPS) is 12.9. The molecule has 0 aliphatic rings. The second-order valence-electron chi connectivity index (χ2n) is 9.52. The number of benzene rings is 5. The summed E-state index contributed by atoms with van der Waals surface area (Å²) in [5.74, 6) is 0. The first-order valence-electron chi connectivity index (χ1n) is 12.6. The average molecular weight is 552 g/mol. The fourth-order valence-corrected chi connectivity index (χ4v) is 5.28. The molecule has 0 radical (unpaired) electrons. The zero-order valence-electron chi connectivity index (χ0n) is 21.7. The molecule has 0 aliphatic carbocycles. The fourth-order valence-electron chi connectivity index (χ4n) is 4.63. The van der Waals surface area contributed by atoms with Crippen LogP contribution in [-0.4, -0.2) is 18.1 Å². The third kappa shape index (κ3) is 5.55. The molecule has 7 nitrogen and oxygen atoms in total. The lowest BCUT2D eigenvalue weighted by Crippen LogP contribution is -2.29. The van der Waals surface area contributed by atoms with Crippen molar-refractivity contribution in [2.75, 3.05) is 16.4 Å². The summed E-state index contributed by atoms with van der Waals surface area (Å²) < 4.78 is 33.2. The summed E-state index contributed by atoms with van der Waals surface area (Å²) in [5.41, 5.74) is 10.6. The first kappa shape index (κ1) is 27.0. The molecule has 0 unspecified atom stereocenters. The highest BCUT2D eigenvalue weighted by molar-refractivity contribution is 7.86. The van der Waals surface area contributed by atoms with Crippen molar-refractivity contribution in [2.24, 2.45) is 0 Å². The molecule has 6 N–H and O–H groups in total. The molecule has 5 aromatic rings. The maximum absolute atomic E-state index is 12.4. The van der Waals surface area contributed by atoms with Crippen LogP contribution in [0.3, 0.4) is 0 Å². The number of rotatable bonds is 8. The van der Waals surface area contributed by atoms with Crippen LogP contribution in [0.1, 0.15) is 22.3 Å². The van der Waals surface area contributed by atoms with Crippen molar-refractivity contribution in [3.8, 4) is 0 Å². The van der Waals surface area contributed by atoms with E-state index >= 15 is 0 Å². The largest absolute Gasteiger partial charge is 0.399 e. The van der Waals surface area contributed by atoms with Gasteiger partial charge in [-0.15, -0.1) is 0 Å². The summed E-state index contributed by atoms with van der Waals surface area (Å²) in [6.07, 6.45) is 0. The summed E-state index contributed by atoms with van der Waals surface area (Å²) in [6, 6.07) is 36.0. The Balaban J connectivity index is 1.52. The molecule has 0 bridgehead atoms. The number of hydrogen-bond acceptors (Lipinski definition) is 6. The summed E-state index contributed by atoms with van der Waals surface area (Å²) in [5, 5.41) is 18.8. The molecular formula is C32H29N3O4S. The lowest BCUT2D eigenvalue weighted by atomic mass is 9.79. The van der Waals surface area contributed by atoms with Crippen LogP contribution in [0.25, 0.3) is 0 Å². The predicted molar refractivity (Wildman–Crippen MR) is 160 cm³/mol. The van der Waals surface area contributed by atoms with E-state index in [4.69, 9.17) is 5.73 Å². The quantitative estimate of drug-likeness (QED) is 0.0836. The molecule has 0 aromatic heterocycles. The summed E-state index contributed by atoms with van der Waals surface area (Å²) in [6.45, 7) is 1.89. The molecule has 40 heavy (non-hydrogen) atoms. The van der Waals surface area contributed by atoms with Crippen LogP contribution < -0.4 is 16.4 Å². The molecule has 0 heterocycles. The van der Waals surface area contributed by atoms with Gasteiger partial charge in [0.15, 0.2) is 0 Å². The van der Waals surface area contributed by atoms with Crippen molar-refractivity contribution in [3.05, 3.63) is 144 Å². The van der Waals surface area contributed by atoms with E-state index in [2.05, 4.69) is 10.6 Å². The second-order valence-corrected chi connectivity index (χ2v) is 10.9. The Morgan fingerprint density at radius 2 is 1.15 bits per heavy atom. The molecule has 0 amide bonds. The van der Waals surface area contributed by atoms with E-state index in [1.807, 2.05) is 73.7 Å². The molecule has 1 atom stereocenters. The summed E-state index contributed by atoms with van der Waals surface area (Å²) in [7, 11) is -4.41. The zero-order valence-corrected chi connectivity index (χ0v) is 22.6. The number of aryl methyl sites for hydroxylation is 1. The monoisotopic (exact) mass is 551 g/mol. The van der Waals surface area contributed by atoms with Crippen molar-refractivity contribution in [1.29, 1.82) is 0 Å². The van der Waals surface area contributed by atoms with Crippen LogP contribution in [0, 0.1) is 6.92 Å². The van der Waals surface area contributed by atoms with E-state index in [-0.39, 0.29) is 10.6 Å². The Morgan fingerprint density at radius 3 is 1.73 bits per heavy atom. The standard InChI is InChI=1S/C32H29N3O4S/c1-22-21-25(15-20-29(22)33)32(36,23-11-16-27(17-12-23)34-26-7-3-2-4-8-26)24-13-18-28(19-14-24)35-30-9-5-6-10-31(30)40(37,38)39/h2-21,34-36H,33H2,1H3,(H,37,38,39)/t32-/m1/s1. The lowest BCUT2D eigenvalue weighted by Gasteiger charge is -2.31. The van der Waals surface area contributed by atoms with Gasteiger partial charge in [0.05, 0.1) is 5.69 Å². The van der Waals surface area contributed by atoms with E-state index in [1.54, 1.807) is 42.5 Å². The maximum atomic E-state index is 12.4. The Morgan fingerprint density at radius 1 is 0.650 bits per heavy atom. The molecule has 0 spiro atoms. The summed E-state index contributed by atoms with van der Waals surface area (Å²) in [4.78, 5) is -0.225. The molecular weight excluding hydrogens is 522 g/mol. The van der Waals surface area contributed by atoms with Crippen molar-refractivity contribution in [2.45, 2.75) is 17.4 Å². The Hall–Kier alpha value is -4.63. The minimum atomic E-state index is -4.41. The van der Waals surface area contributed by atoms with Crippen LogP contribution in [0.4, 0.5) is 28.4 Å². The van der Waals surface area contributed by atoms with Gasteiger partial charge in [-0.3, -0.25) is 4.55 Å². The number of nitrogens with one attached hydrogen (secondary N) is 2. The van der Waals surface area contributed by atoms with Crippen LogP contribution >= 0.6 is 0 Å². The third-order valence-corrected chi connectivity index (χ3v) is 7.71. The Kier molecular flexibility index (Phi) is 7.32. The van der Waals surface area contributed by atoms with Gasteiger partial charge in [-0.05, 0) is 83.8 Å². The topological polar surface area (TPSA) is 125 Å². The van der Waals surface area contributed by atoms with Gasteiger partial charge in [-0.1, -0.05) is 66.7 Å². The Bertz CT molecular complexity index is 1740. The molecule has 0 fully saturated rings. The van der Waals surface area contributed by atoms with Gasteiger partial charge in [0.25, 0.3) is 10.1 Å². The lowest BCUT2D eigenvalue weighted by molar-refractivity contribution is 0.125. The number of anilines is 5. The summed E-state index contributed by atoms with van der Waals surface area (Å²) >= 11 is 0. The Labute approximate surface area is 233 Å². The molecule has 0 aliphatic heterocycles. The van der Waals surface area contributed by atoms with Gasteiger partial charge >= 0.3 is 0 Å². The molecule has 0 saturated heterocycles. The van der Waals surface area contributed by atoms with Crippen LogP contribution in [-0.2, 0) is 15.7 Å². The van der Waals surface area contributed by atoms with Crippen LogP contribution in [0.5, 0.6) is 0 Å². The first-order valence-corrected chi connectivity index (χ1v) is 14.0. The van der Waals surface area contributed by atoms with Gasteiger partial charge in [0.1, 0.15) is 10.5 Å². The minimum Gasteiger partial charge on any atom is -0.399 e. The van der Waals surface area contributed by atoms with E-state index in [0.717, 1.165) is 16.9 Å². The van der Waals surface area contributed by atoms with Gasteiger partial charge in [0.2, 0.25) is 0 Å². The smallest absolute Gasteiger partial charge is 0.296 e. The number of nitrogens with two attached hydrogens (primary N) is 1.